The van der Waals surface area contributed by atoms with E-state index >= 15 is 0 Å². The first-order valence-electron chi connectivity index (χ1n) is 8.86. The summed E-state index contributed by atoms with van der Waals surface area (Å²) >= 11 is 0. The number of allylic oxidation sites excluding steroid dienone is 3. The fraction of sp³-hybridized carbons (Fsp3) is 0.750. The smallest absolute Gasteiger partial charge is 0.192 e. The molecule has 0 heterocycles. The van der Waals surface area contributed by atoms with Crippen LogP contribution in [0, 0.1) is 5.41 Å². The highest BCUT2D eigenvalue weighted by molar-refractivity contribution is 6.74. The number of Topliss-reactive ketones (excluding diaryl/α,β-unsaturated/α-hetero) is 1. The zero-order valence-electron chi connectivity index (χ0n) is 16.5. The molecule has 2 nitrogen and oxygen atoms in total. The molecular formula is C20H36O2Si. The van der Waals surface area contributed by atoms with Gasteiger partial charge in [-0.05, 0) is 56.7 Å². The van der Waals surface area contributed by atoms with Gasteiger partial charge in [-0.25, -0.2) is 0 Å². The van der Waals surface area contributed by atoms with Crippen LogP contribution in [-0.2, 0) is 9.22 Å². The predicted molar refractivity (Wildman–Crippen MR) is 102 cm³/mol. The standard InChI is InChI=1S/C20H36O2Si/c1-16(2)10-9-12-20(6)13-11-17(18(21)14-20)15-22-23(7,8)19(3,4)5/h10-11H,9,12-15H2,1-8H3. The molecule has 0 radical (unpaired) electrons. The van der Waals surface area contributed by atoms with Crippen molar-refractivity contribution in [1.29, 1.82) is 0 Å². The van der Waals surface area contributed by atoms with E-state index in [4.69, 9.17) is 4.43 Å². The Balaban J connectivity index is 2.65. The first-order valence-corrected chi connectivity index (χ1v) is 11.8. The maximum atomic E-state index is 12.5. The zero-order chi connectivity index (χ0) is 17.9. The average Bonchev–Trinajstić information content (AvgIpc) is 2.35. The van der Waals surface area contributed by atoms with E-state index in [1.165, 1.54) is 5.57 Å². The lowest BCUT2D eigenvalue weighted by Crippen LogP contribution is -2.42. The second-order valence-electron chi connectivity index (χ2n) is 9.21. The number of carbonyl (C=O) groups is 1. The van der Waals surface area contributed by atoms with Gasteiger partial charge in [0.15, 0.2) is 14.1 Å². The fourth-order valence-corrected chi connectivity index (χ4v) is 3.52. The quantitative estimate of drug-likeness (QED) is 0.436. The molecule has 0 bridgehead atoms. The van der Waals surface area contributed by atoms with Crippen molar-refractivity contribution >= 4 is 14.1 Å². The van der Waals surface area contributed by atoms with Crippen molar-refractivity contribution in [3.8, 4) is 0 Å². The molecule has 1 unspecified atom stereocenters. The third kappa shape index (κ3) is 6.04. The van der Waals surface area contributed by atoms with E-state index in [2.05, 4.69) is 66.8 Å². The zero-order valence-corrected chi connectivity index (χ0v) is 17.5. The lowest BCUT2D eigenvalue weighted by molar-refractivity contribution is -0.118. The second kappa shape index (κ2) is 7.48. The van der Waals surface area contributed by atoms with Crippen LogP contribution in [0.1, 0.15) is 67.2 Å². The van der Waals surface area contributed by atoms with Crippen LogP contribution in [0.5, 0.6) is 0 Å². The van der Waals surface area contributed by atoms with Crippen molar-refractivity contribution in [2.45, 2.75) is 85.4 Å². The molecule has 0 saturated heterocycles. The van der Waals surface area contributed by atoms with Gasteiger partial charge in [0.2, 0.25) is 0 Å². The van der Waals surface area contributed by atoms with Gasteiger partial charge in [0.25, 0.3) is 0 Å². The van der Waals surface area contributed by atoms with Crippen molar-refractivity contribution in [3.05, 3.63) is 23.3 Å². The summed E-state index contributed by atoms with van der Waals surface area (Å²) in [5.74, 6) is 0.287. The van der Waals surface area contributed by atoms with Gasteiger partial charge in [-0.3, -0.25) is 4.79 Å². The highest BCUT2D eigenvalue weighted by Gasteiger charge is 2.38. The van der Waals surface area contributed by atoms with E-state index in [9.17, 15) is 4.79 Å². The summed E-state index contributed by atoms with van der Waals surface area (Å²) in [6.45, 7) is 18.2. The van der Waals surface area contributed by atoms with E-state index < -0.39 is 8.32 Å². The monoisotopic (exact) mass is 336 g/mol. The molecular weight excluding hydrogens is 300 g/mol. The maximum Gasteiger partial charge on any atom is 0.192 e. The number of carbonyl (C=O) groups excluding carboxylic acids is 1. The third-order valence-electron chi connectivity index (χ3n) is 5.48. The molecule has 0 spiro atoms. The molecule has 0 amide bonds. The minimum atomic E-state index is -1.79. The second-order valence-corrected chi connectivity index (χ2v) is 14.0. The maximum absolute atomic E-state index is 12.5. The molecule has 0 saturated carbocycles. The minimum Gasteiger partial charge on any atom is -0.412 e. The molecule has 1 aliphatic carbocycles. The minimum absolute atomic E-state index is 0.115. The lowest BCUT2D eigenvalue weighted by atomic mass is 9.73. The van der Waals surface area contributed by atoms with E-state index in [1.807, 2.05) is 0 Å². The number of ketones is 1. The molecule has 132 valence electrons. The summed E-state index contributed by atoms with van der Waals surface area (Å²) in [6.07, 6.45) is 8.21. The Kier molecular flexibility index (Phi) is 6.62. The molecule has 0 aromatic carbocycles. The SMILES string of the molecule is CC(C)=CCCC1(C)CC=C(CO[Si](C)(C)C(C)(C)C)C(=O)C1. The van der Waals surface area contributed by atoms with Crippen LogP contribution in [0.25, 0.3) is 0 Å². The average molecular weight is 337 g/mol. The van der Waals surface area contributed by atoms with Crippen molar-refractivity contribution in [2.24, 2.45) is 5.41 Å². The molecule has 3 heteroatoms. The van der Waals surface area contributed by atoms with Gasteiger partial charge in [0.05, 0.1) is 6.61 Å². The van der Waals surface area contributed by atoms with Gasteiger partial charge in [0.1, 0.15) is 0 Å². The van der Waals surface area contributed by atoms with Crippen molar-refractivity contribution in [3.63, 3.8) is 0 Å². The normalized spacial score (nSPS) is 22.8. The predicted octanol–water partition coefficient (Wildman–Crippen LogP) is 6.05. The molecule has 23 heavy (non-hydrogen) atoms. The molecule has 0 aliphatic heterocycles. The van der Waals surface area contributed by atoms with Crippen molar-refractivity contribution in [2.75, 3.05) is 6.61 Å². The fourth-order valence-electron chi connectivity index (χ4n) is 2.57. The van der Waals surface area contributed by atoms with E-state index in [1.54, 1.807) is 0 Å². The number of hydrogen-bond donors (Lipinski definition) is 0. The molecule has 0 fully saturated rings. The van der Waals surface area contributed by atoms with Crippen LogP contribution in [0.2, 0.25) is 18.1 Å². The number of hydrogen-bond acceptors (Lipinski definition) is 2. The van der Waals surface area contributed by atoms with Gasteiger partial charge < -0.3 is 4.43 Å². The Morgan fingerprint density at radius 2 is 1.96 bits per heavy atom. The first-order chi connectivity index (χ1) is 10.4. The van der Waals surface area contributed by atoms with Gasteiger partial charge >= 0.3 is 0 Å². The van der Waals surface area contributed by atoms with Crippen LogP contribution in [0.4, 0.5) is 0 Å². The summed E-state index contributed by atoms with van der Waals surface area (Å²) in [6, 6.07) is 0. The summed E-state index contributed by atoms with van der Waals surface area (Å²) in [4.78, 5) is 12.5. The van der Waals surface area contributed by atoms with E-state index in [0.717, 1.165) is 24.8 Å². The Morgan fingerprint density at radius 3 is 2.43 bits per heavy atom. The topological polar surface area (TPSA) is 26.3 Å². The third-order valence-corrected chi connectivity index (χ3v) is 9.96. The Labute approximate surface area is 144 Å². The highest BCUT2D eigenvalue weighted by atomic mass is 28.4. The van der Waals surface area contributed by atoms with Gasteiger partial charge in [-0.15, -0.1) is 0 Å². The lowest BCUT2D eigenvalue weighted by Gasteiger charge is -2.37. The Morgan fingerprint density at radius 1 is 1.35 bits per heavy atom. The largest absolute Gasteiger partial charge is 0.412 e. The summed E-state index contributed by atoms with van der Waals surface area (Å²) in [5, 5.41) is 0.185. The van der Waals surface area contributed by atoms with Crippen LogP contribution < -0.4 is 0 Å². The van der Waals surface area contributed by atoms with E-state index in [-0.39, 0.29) is 16.2 Å². The van der Waals surface area contributed by atoms with Gasteiger partial charge in [-0.2, -0.15) is 0 Å². The van der Waals surface area contributed by atoms with Crippen LogP contribution >= 0.6 is 0 Å². The summed E-state index contributed by atoms with van der Waals surface area (Å²) < 4.78 is 6.22. The molecule has 1 aliphatic rings. The van der Waals surface area contributed by atoms with Crippen LogP contribution in [0.3, 0.4) is 0 Å². The summed E-state index contributed by atoms with van der Waals surface area (Å²) in [5.41, 5.74) is 2.37. The molecule has 0 aromatic heterocycles. The molecule has 0 N–H and O–H groups in total. The number of rotatable bonds is 6. The molecule has 1 rings (SSSR count). The van der Waals surface area contributed by atoms with Gasteiger partial charge in [-0.1, -0.05) is 45.4 Å². The highest BCUT2D eigenvalue weighted by Crippen LogP contribution is 2.39. The van der Waals surface area contributed by atoms with Crippen LogP contribution in [0.15, 0.2) is 23.3 Å². The molecule has 0 aromatic rings. The molecule has 1 atom stereocenters. The Bertz CT molecular complexity index is 490. The van der Waals surface area contributed by atoms with Crippen LogP contribution in [-0.4, -0.2) is 20.7 Å². The van der Waals surface area contributed by atoms with Crippen molar-refractivity contribution in [1.82, 2.24) is 0 Å². The first kappa shape index (κ1) is 20.4. The Hall–Kier alpha value is -0.673. The van der Waals surface area contributed by atoms with Crippen molar-refractivity contribution < 1.29 is 9.22 Å². The van der Waals surface area contributed by atoms with Gasteiger partial charge in [0, 0.05) is 12.0 Å². The summed E-state index contributed by atoms with van der Waals surface area (Å²) in [7, 11) is -1.79. The van der Waals surface area contributed by atoms with E-state index in [0.29, 0.717) is 13.0 Å².